The summed E-state index contributed by atoms with van der Waals surface area (Å²) >= 11 is 0. The van der Waals surface area contributed by atoms with Crippen LogP contribution in [0.4, 0.5) is 17.6 Å². The van der Waals surface area contributed by atoms with Gasteiger partial charge in [-0.05, 0) is 25.1 Å². The first-order valence-electron chi connectivity index (χ1n) is 11.5. The van der Waals surface area contributed by atoms with Gasteiger partial charge in [0.2, 0.25) is 17.6 Å². The van der Waals surface area contributed by atoms with Gasteiger partial charge in [-0.25, -0.2) is 9.37 Å². The number of pyridine rings is 1. The van der Waals surface area contributed by atoms with Gasteiger partial charge in [-0.1, -0.05) is 6.07 Å². The maximum Gasteiger partial charge on any atom is 0.418 e. The maximum absolute atomic E-state index is 14.4. The Balaban J connectivity index is 1.72. The Hall–Kier alpha value is -4.36. The number of hydrogen-bond acceptors (Lipinski definition) is 7. The Morgan fingerprint density at radius 2 is 2.00 bits per heavy atom. The van der Waals surface area contributed by atoms with Gasteiger partial charge in [0.25, 0.3) is 5.91 Å². The van der Waals surface area contributed by atoms with E-state index in [1.807, 2.05) is 0 Å². The number of nitrogens with zero attached hydrogens (tertiary/aromatic N) is 3. The Morgan fingerprint density at radius 3 is 2.64 bits per heavy atom. The molecule has 0 aliphatic carbocycles. The monoisotopic (exact) mass is 552 g/mol. The number of furan rings is 1. The molecule has 3 heterocycles. The summed E-state index contributed by atoms with van der Waals surface area (Å²) in [5.74, 6) is -3.57. The van der Waals surface area contributed by atoms with E-state index in [0.717, 1.165) is 4.90 Å². The number of methoxy groups -OCH3 is 1. The summed E-state index contributed by atoms with van der Waals surface area (Å²) in [6.45, 7) is -0.100. The predicted octanol–water partition coefficient (Wildman–Crippen LogP) is 2.99. The normalized spacial score (nSPS) is 17.3. The van der Waals surface area contributed by atoms with E-state index in [9.17, 15) is 31.9 Å². The number of nitrogens with one attached hydrogen (secondary N) is 1. The van der Waals surface area contributed by atoms with Crippen LogP contribution in [0.15, 0.2) is 34.9 Å². The van der Waals surface area contributed by atoms with Gasteiger partial charge in [0, 0.05) is 32.4 Å². The van der Waals surface area contributed by atoms with Gasteiger partial charge in [-0.2, -0.15) is 13.2 Å². The number of carbonyl (C=O) groups is 3. The Morgan fingerprint density at radius 1 is 1.28 bits per heavy atom. The van der Waals surface area contributed by atoms with Gasteiger partial charge in [0.15, 0.2) is 22.4 Å². The third-order valence-corrected chi connectivity index (χ3v) is 6.35. The molecule has 39 heavy (non-hydrogen) atoms. The summed E-state index contributed by atoms with van der Waals surface area (Å²) in [6, 6.07) is 4.81. The standard InChI is InChI=1S/C25H24F4N4O6/c1-24(23(36)31-10-14-15(26)6-5-7-16(14)37-4)12-38-20-19-17(8-13(9-30-19)25(27,28)29)39-21(20)22(35)33(24)11-18(34)32(2)3/h5-9H,10-12H2,1-4H3,(H,31,36)/t24-/m1/s1. The first-order valence-corrected chi connectivity index (χ1v) is 11.5. The van der Waals surface area contributed by atoms with E-state index in [0.29, 0.717) is 12.3 Å². The molecule has 4 rings (SSSR count). The minimum atomic E-state index is -4.71. The van der Waals surface area contributed by atoms with Gasteiger partial charge in [0.1, 0.15) is 24.7 Å². The summed E-state index contributed by atoms with van der Waals surface area (Å²) in [5.41, 5.74) is -3.40. The second-order valence-corrected chi connectivity index (χ2v) is 9.17. The van der Waals surface area contributed by atoms with Crippen LogP contribution in [0.3, 0.4) is 0 Å². The minimum Gasteiger partial charge on any atom is -0.496 e. The molecular weight excluding hydrogens is 528 g/mol. The van der Waals surface area contributed by atoms with Crippen molar-refractivity contribution >= 4 is 28.8 Å². The van der Waals surface area contributed by atoms with Gasteiger partial charge in [-0.15, -0.1) is 0 Å². The first-order chi connectivity index (χ1) is 18.3. The van der Waals surface area contributed by atoms with Gasteiger partial charge in [-0.3, -0.25) is 14.4 Å². The van der Waals surface area contributed by atoms with Gasteiger partial charge in [0.05, 0.1) is 12.7 Å². The first kappa shape index (κ1) is 27.7. The van der Waals surface area contributed by atoms with E-state index in [4.69, 9.17) is 13.9 Å². The third-order valence-electron chi connectivity index (χ3n) is 6.35. The molecule has 0 fully saturated rings. The third kappa shape index (κ3) is 5.05. The van der Waals surface area contributed by atoms with E-state index in [1.165, 1.54) is 51.2 Å². The smallest absolute Gasteiger partial charge is 0.418 e. The van der Waals surface area contributed by atoms with Gasteiger partial charge >= 0.3 is 6.18 Å². The van der Waals surface area contributed by atoms with Crippen molar-refractivity contribution in [3.63, 3.8) is 0 Å². The van der Waals surface area contributed by atoms with E-state index in [-0.39, 0.29) is 34.7 Å². The van der Waals surface area contributed by atoms with Crippen molar-refractivity contribution in [2.75, 3.05) is 34.4 Å². The Bertz CT molecular complexity index is 1450. The highest BCUT2D eigenvalue weighted by atomic mass is 19.4. The van der Waals surface area contributed by atoms with E-state index in [1.54, 1.807) is 0 Å². The summed E-state index contributed by atoms with van der Waals surface area (Å²) < 4.78 is 70.3. The largest absolute Gasteiger partial charge is 0.496 e. The van der Waals surface area contributed by atoms with Crippen molar-refractivity contribution in [2.45, 2.75) is 25.2 Å². The van der Waals surface area contributed by atoms with Crippen LogP contribution < -0.4 is 14.8 Å². The molecule has 3 aromatic rings. The van der Waals surface area contributed by atoms with Crippen molar-refractivity contribution in [1.82, 2.24) is 20.1 Å². The van der Waals surface area contributed by atoms with Crippen molar-refractivity contribution in [1.29, 1.82) is 0 Å². The highest BCUT2D eigenvalue weighted by Gasteiger charge is 2.49. The quantitative estimate of drug-likeness (QED) is 0.468. The molecule has 0 radical (unpaired) electrons. The van der Waals surface area contributed by atoms with Crippen LogP contribution in [0.1, 0.15) is 28.6 Å². The molecule has 3 amide bonds. The molecule has 1 N–H and O–H groups in total. The number of carbonyl (C=O) groups excluding carboxylic acids is 3. The Kier molecular flexibility index (Phi) is 7.15. The van der Waals surface area contributed by atoms with Crippen LogP contribution in [0.25, 0.3) is 11.1 Å². The number of aromatic nitrogens is 1. The summed E-state index contributed by atoms with van der Waals surface area (Å²) in [7, 11) is 4.22. The molecule has 0 unspecified atom stereocenters. The predicted molar refractivity (Wildman–Crippen MR) is 127 cm³/mol. The van der Waals surface area contributed by atoms with Crippen molar-refractivity contribution in [3.8, 4) is 11.5 Å². The number of ether oxygens (including phenoxy) is 2. The fourth-order valence-corrected chi connectivity index (χ4v) is 4.00. The number of alkyl halides is 3. The zero-order chi connectivity index (χ0) is 28.7. The molecule has 1 aliphatic heterocycles. The van der Waals surface area contributed by atoms with Crippen molar-refractivity contribution in [3.05, 3.63) is 53.2 Å². The number of hydrogen-bond donors (Lipinski definition) is 1. The average molecular weight is 552 g/mol. The highest BCUT2D eigenvalue weighted by Crippen LogP contribution is 2.39. The topological polar surface area (TPSA) is 114 Å². The maximum atomic E-state index is 14.4. The summed E-state index contributed by atoms with van der Waals surface area (Å²) in [4.78, 5) is 45.7. The second-order valence-electron chi connectivity index (χ2n) is 9.17. The lowest BCUT2D eigenvalue weighted by Gasteiger charge is -2.37. The number of benzene rings is 1. The number of fused-ring (bicyclic) bond motifs is 3. The fraction of sp³-hybridized carbons (Fsp3) is 0.360. The van der Waals surface area contributed by atoms with Crippen LogP contribution in [-0.2, 0) is 22.3 Å². The van der Waals surface area contributed by atoms with Crippen LogP contribution in [0.5, 0.6) is 11.5 Å². The second kappa shape index (κ2) is 10.1. The van der Waals surface area contributed by atoms with Crippen LogP contribution in [0.2, 0.25) is 0 Å². The molecule has 14 heteroatoms. The number of halogens is 4. The van der Waals surface area contributed by atoms with Crippen LogP contribution >= 0.6 is 0 Å². The lowest BCUT2D eigenvalue weighted by Crippen LogP contribution is -2.62. The van der Waals surface area contributed by atoms with E-state index in [2.05, 4.69) is 10.3 Å². The molecule has 0 saturated heterocycles. The summed E-state index contributed by atoms with van der Waals surface area (Å²) in [6.07, 6.45) is -4.14. The average Bonchev–Trinajstić information content (AvgIpc) is 3.21. The molecule has 1 atom stereocenters. The molecule has 0 spiro atoms. The molecule has 10 nitrogen and oxygen atoms in total. The molecule has 0 bridgehead atoms. The molecule has 208 valence electrons. The molecule has 2 aromatic heterocycles. The number of rotatable bonds is 6. The zero-order valence-corrected chi connectivity index (χ0v) is 21.3. The summed E-state index contributed by atoms with van der Waals surface area (Å²) in [5, 5.41) is 2.56. The van der Waals surface area contributed by atoms with E-state index < -0.39 is 59.7 Å². The fourth-order valence-electron chi connectivity index (χ4n) is 4.00. The zero-order valence-electron chi connectivity index (χ0n) is 21.3. The van der Waals surface area contributed by atoms with Crippen molar-refractivity contribution < 1.29 is 45.8 Å². The molecule has 1 aromatic carbocycles. The molecule has 0 saturated carbocycles. The SMILES string of the molecule is COc1cccc(F)c1CNC(=O)[C@@]1(C)COc2c(oc3cc(C(F)(F)F)cnc23)C(=O)N1CC(=O)N(C)C. The molecule has 1 aliphatic rings. The lowest BCUT2D eigenvalue weighted by molar-refractivity contribution is -0.138. The van der Waals surface area contributed by atoms with Gasteiger partial charge < -0.3 is 29.0 Å². The van der Waals surface area contributed by atoms with E-state index >= 15 is 0 Å². The lowest BCUT2D eigenvalue weighted by atomic mass is 9.98. The number of amides is 3. The minimum absolute atomic E-state index is 0.0521. The van der Waals surface area contributed by atoms with Crippen LogP contribution in [0, 0.1) is 5.82 Å². The van der Waals surface area contributed by atoms with Crippen LogP contribution in [-0.4, -0.2) is 72.4 Å². The highest BCUT2D eigenvalue weighted by molar-refractivity contribution is 6.05. The molecular formula is C25H24F4N4O6. The number of likely N-dealkylation sites (N-methyl/N-ethyl adjacent to an activating group) is 1. The van der Waals surface area contributed by atoms with Crippen molar-refractivity contribution in [2.24, 2.45) is 0 Å². The Labute approximate surface area is 219 Å².